The molecule has 4 aliphatic carbocycles. The average Bonchev–Trinajstić information content (AvgIpc) is 2.66. The molecular weight excluding hydrogens is 336 g/mol. The molecule has 0 N–H and O–H groups in total. The zero-order valence-electron chi connectivity index (χ0n) is 16.1. The Morgan fingerprint density at radius 3 is 2.44 bits per heavy atom. The molecule has 6 rings (SSSR count). The van der Waals surface area contributed by atoms with Crippen LogP contribution in [0.3, 0.4) is 0 Å². The molecular formula is C22H28N4O. The van der Waals surface area contributed by atoms with Crippen LogP contribution in [0.15, 0.2) is 18.5 Å². The highest BCUT2D eigenvalue weighted by molar-refractivity contribution is 5.84. The number of pyridine rings is 1. The predicted molar refractivity (Wildman–Crippen MR) is 103 cm³/mol. The Bertz CT molecular complexity index is 762. The molecule has 1 atom stereocenters. The molecule has 5 aliphatic rings. The van der Waals surface area contributed by atoms with Gasteiger partial charge in [0.1, 0.15) is 6.07 Å². The molecule has 4 bridgehead atoms. The van der Waals surface area contributed by atoms with Crippen molar-refractivity contribution in [2.24, 2.45) is 23.2 Å². The van der Waals surface area contributed by atoms with E-state index in [9.17, 15) is 10.1 Å². The molecule has 5 fully saturated rings. The number of nitriles is 1. The highest BCUT2D eigenvalue weighted by atomic mass is 16.2. The fourth-order valence-corrected chi connectivity index (χ4v) is 6.90. The molecule has 5 heteroatoms. The van der Waals surface area contributed by atoms with Crippen molar-refractivity contribution in [2.45, 2.75) is 51.5 Å². The summed E-state index contributed by atoms with van der Waals surface area (Å²) in [5, 5.41) is 9.37. The van der Waals surface area contributed by atoms with Gasteiger partial charge >= 0.3 is 0 Å². The molecule has 2 heterocycles. The molecule has 1 aliphatic heterocycles. The molecule has 4 saturated carbocycles. The number of rotatable bonds is 2. The number of piperazine rings is 1. The molecule has 0 radical (unpaired) electrons. The van der Waals surface area contributed by atoms with Crippen molar-refractivity contribution >= 4 is 11.6 Å². The first-order valence-corrected chi connectivity index (χ1v) is 10.5. The minimum Gasteiger partial charge on any atom is -0.367 e. The van der Waals surface area contributed by atoms with Crippen LogP contribution < -0.4 is 4.90 Å². The van der Waals surface area contributed by atoms with Gasteiger partial charge in [0.15, 0.2) is 0 Å². The summed E-state index contributed by atoms with van der Waals surface area (Å²) in [5.74, 6) is 2.83. The van der Waals surface area contributed by atoms with Gasteiger partial charge in [-0.1, -0.05) is 0 Å². The van der Waals surface area contributed by atoms with Gasteiger partial charge in [-0.15, -0.1) is 0 Å². The normalized spacial score (nSPS) is 37.3. The molecule has 0 unspecified atom stereocenters. The van der Waals surface area contributed by atoms with Crippen molar-refractivity contribution in [1.29, 1.82) is 5.26 Å². The number of aromatic nitrogens is 1. The van der Waals surface area contributed by atoms with Crippen molar-refractivity contribution in [2.75, 3.05) is 24.5 Å². The molecule has 1 aromatic heterocycles. The van der Waals surface area contributed by atoms with Gasteiger partial charge in [-0.3, -0.25) is 9.78 Å². The first-order chi connectivity index (χ1) is 13.1. The number of hydrogen-bond donors (Lipinski definition) is 0. The Labute approximate surface area is 161 Å². The summed E-state index contributed by atoms with van der Waals surface area (Å²) in [6, 6.07) is 4.34. The number of nitrogens with zero attached hydrogens (tertiary/aromatic N) is 4. The number of hydrogen-bond acceptors (Lipinski definition) is 4. The molecule has 142 valence electrons. The van der Waals surface area contributed by atoms with Crippen molar-refractivity contribution in [1.82, 2.24) is 9.88 Å². The zero-order valence-corrected chi connectivity index (χ0v) is 16.1. The van der Waals surface area contributed by atoms with Crippen molar-refractivity contribution < 1.29 is 4.79 Å². The van der Waals surface area contributed by atoms with Crippen LogP contribution in [0.5, 0.6) is 0 Å². The van der Waals surface area contributed by atoms with Crippen LogP contribution in [-0.2, 0) is 4.79 Å². The van der Waals surface area contributed by atoms with Crippen molar-refractivity contribution in [3.8, 4) is 6.07 Å². The average molecular weight is 364 g/mol. The molecule has 1 amide bonds. The first kappa shape index (κ1) is 17.0. The molecule has 27 heavy (non-hydrogen) atoms. The second kappa shape index (κ2) is 6.22. The summed E-state index contributed by atoms with van der Waals surface area (Å²) in [6.45, 7) is 4.50. The van der Waals surface area contributed by atoms with Gasteiger partial charge in [0.05, 0.1) is 16.7 Å². The highest BCUT2D eigenvalue weighted by Crippen LogP contribution is 2.60. The Kier molecular flexibility index (Phi) is 3.93. The minimum atomic E-state index is -0.0559. The van der Waals surface area contributed by atoms with E-state index in [2.05, 4.69) is 27.8 Å². The maximum absolute atomic E-state index is 13.7. The fourth-order valence-electron chi connectivity index (χ4n) is 6.90. The van der Waals surface area contributed by atoms with E-state index < -0.39 is 0 Å². The van der Waals surface area contributed by atoms with E-state index in [1.165, 1.54) is 19.3 Å². The SMILES string of the molecule is C[C@@H]1CN(c2ccncc2C#N)CCN1C(=O)C12CC3CC(CC(C3)C1)C2. The molecule has 0 spiro atoms. The summed E-state index contributed by atoms with van der Waals surface area (Å²) in [4.78, 5) is 22.1. The van der Waals surface area contributed by atoms with Gasteiger partial charge in [-0.05, 0) is 69.3 Å². The van der Waals surface area contributed by atoms with Gasteiger partial charge in [0.25, 0.3) is 0 Å². The summed E-state index contributed by atoms with van der Waals surface area (Å²) in [5.41, 5.74) is 1.51. The van der Waals surface area contributed by atoms with E-state index in [4.69, 9.17) is 0 Å². The second-order valence-corrected chi connectivity index (χ2v) is 9.50. The lowest BCUT2D eigenvalue weighted by molar-refractivity contribution is -0.160. The maximum atomic E-state index is 13.7. The predicted octanol–water partition coefficient (Wildman–Crippen LogP) is 3.21. The van der Waals surface area contributed by atoms with Crippen LogP contribution in [0.1, 0.15) is 51.0 Å². The number of carbonyl (C=O) groups is 1. The van der Waals surface area contributed by atoms with Crippen molar-refractivity contribution in [3.05, 3.63) is 24.0 Å². The lowest BCUT2D eigenvalue weighted by atomic mass is 9.49. The molecule has 1 saturated heterocycles. The van der Waals surface area contributed by atoms with E-state index in [0.29, 0.717) is 11.5 Å². The Balaban J connectivity index is 1.33. The molecule has 1 aromatic rings. The third kappa shape index (κ3) is 2.72. The van der Waals surface area contributed by atoms with Gasteiger partial charge < -0.3 is 9.80 Å². The third-order valence-corrected chi connectivity index (χ3v) is 7.64. The molecule has 5 nitrogen and oxygen atoms in total. The van der Waals surface area contributed by atoms with E-state index in [0.717, 1.165) is 62.3 Å². The first-order valence-electron chi connectivity index (χ1n) is 10.5. The van der Waals surface area contributed by atoms with Gasteiger partial charge in [0.2, 0.25) is 5.91 Å². The number of anilines is 1. The number of carbonyl (C=O) groups excluding carboxylic acids is 1. The standard InChI is InChI=1S/C22H28N4O/c1-15-14-25(20-2-3-24-13-19(20)12-23)4-5-26(15)21(27)22-9-16-6-17(10-22)8-18(7-16)11-22/h2-3,13,15-18H,4-11,14H2,1H3/t15-,16?,17?,18?,22?/m1/s1. The highest BCUT2D eigenvalue weighted by Gasteiger charge is 2.56. The van der Waals surface area contributed by atoms with Crippen LogP contribution in [0.2, 0.25) is 0 Å². The van der Waals surface area contributed by atoms with Crippen LogP contribution in [-0.4, -0.2) is 41.5 Å². The zero-order chi connectivity index (χ0) is 18.6. The molecule has 0 aromatic carbocycles. The van der Waals surface area contributed by atoms with Crippen LogP contribution in [0.25, 0.3) is 0 Å². The van der Waals surface area contributed by atoms with Crippen molar-refractivity contribution in [3.63, 3.8) is 0 Å². The lowest BCUT2D eigenvalue weighted by Crippen LogP contribution is -2.61. The Morgan fingerprint density at radius 1 is 1.19 bits per heavy atom. The van der Waals surface area contributed by atoms with Crippen LogP contribution in [0, 0.1) is 34.5 Å². The van der Waals surface area contributed by atoms with Crippen LogP contribution >= 0.6 is 0 Å². The largest absolute Gasteiger partial charge is 0.367 e. The summed E-state index contributed by atoms with van der Waals surface area (Å²) in [6.07, 6.45) is 10.9. The van der Waals surface area contributed by atoms with E-state index in [1.54, 1.807) is 12.4 Å². The van der Waals surface area contributed by atoms with Gasteiger partial charge in [-0.2, -0.15) is 5.26 Å². The second-order valence-electron chi connectivity index (χ2n) is 9.50. The Hall–Kier alpha value is -2.09. The lowest BCUT2D eigenvalue weighted by Gasteiger charge is -2.57. The van der Waals surface area contributed by atoms with Gasteiger partial charge in [-0.25, -0.2) is 0 Å². The maximum Gasteiger partial charge on any atom is 0.229 e. The summed E-state index contributed by atoms with van der Waals surface area (Å²) >= 11 is 0. The number of amides is 1. The monoisotopic (exact) mass is 364 g/mol. The quantitative estimate of drug-likeness (QED) is 0.808. The minimum absolute atomic E-state index is 0.0559. The van der Waals surface area contributed by atoms with E-state index in [1.807, 2.05) is 6.07 Å². The third-order valence-electron chi connectivity index (χ3n) is 7.64. The summed E-state index contributed by atoms with van der Waals surface area (Å²) < 4.78 is 0. The Morgan fingerprint density at radius 2 is 1.85 bits per heavy atom. The smallest absolute Gasteiger partial charge is 0.229 e. The fraction of sp³-hybridized carbons (Fsp3) is 0.682. The van der Waals surface area contributed by atoms with E-state index >= 15 is 0 Å². The van der Waals surface area contributed by atoms with Crippen LogP contribution in [0.4, 0.5) is 5.69 Å². The van der Waals surface area contributed by atoms with E-state index in [-0.39, 0.29) is 11.5 Å². The topological polar surface area (TPSA) is 60.2 Å². The van der Waals surface area contributed by atoms with Gasteiger partial charge in [0, 0.05) is 38.1 Å². The summed E-state index contributed by atoms with van der Waals surface area (Å²) in [7, 11) is 0.